The second-order valence-electron chi connectivity index (χ2n) is 3.90. The van der Waals surface area contributed by atoms with Gasteiger partial charge >= 0.3 is 5.97 Å². The molecule has 1 unspecified atom stereocenters. The number of methoxy groups -OCH3 is 1. The van der Waals surface area contributed by atoms with E-state index in [2.05, 4.69) is 33.0 Å². The molecule has 0 aliphatic carbocycles. The van der Waals surface area contributed by atoms with Crippen molar-refractivity contribution in [2.24, 2.45) is 0 Å². The number of ether oxygens (including phenoxy) is 1. The number of carbonyl (C=O) groups is 1. The monoisotopic (exact) mass is 277 g/mol. The third-order valence-electron chi connectivity index (χ3n) is 2.66. The van der Waals surface area contributed by atoms with Crippen molar-refractivity contribution in [3.63, 3.8) is 0 Å². The van der Waals surface area contributed by atoms with Crippen LogP contribution in [0.25, 0.3) is 0 Å². The fraction of sp³-hybridized carbons (Fsp3) is 0.308. The highest BCUT2D eigenvalue weighted by molar-refractivity contribution is 7.10. The molecule has 2 aromatic heterocycles. The fourth-order valence-electron chi connectivity index (χ4n) is 1.65. The number of nitrogens with zero attached hydrogens (tertiary/aromatic N) is 2. The van der Waals surface area contributed by atoms with Crippen LogP contribution in [0.1, 0.15) is 34.8 Å². The van der Waals surface area contributed by atoms with Crippen LogP contribution in [0.2, 0.25) is 0 Å². The smallest absolute Gasteiger partial charge is 0.358 e. The molecule has 0 bridgehead atoms. The van der Waals surface area contributed by atoms with Crippen LogP contribution in [0.4, 0.5) is 5.82 Å². The summed E-state index contributed by atoms with van der Waals surface area (Å²) in [5.74, 6) is 0.164. The highest BCUT2D eigenvalue weighted by Gasteiger charge is 2.12. The van der Waals surface area contributed by atoms with Crippen LogP contribution in [0.15, 0.2) is 29.9 Å². The van der Waals surface area contributed by atoms with E-state index in [4.69, 9.17) is 0 Å². The van der Waals surface area contributed by atoms with Gasteiger partial charge in [-0.2, -0.15) is 0 Å². The lowest BCUT2D eigenvalue weighted by Crippen LogP contribution is -2.11. The summed E-state index contributed by atoms with van der Waals surface area (Å²) in [7, 11) is 1.32. The van der Waals surface area contributed by atoms with Crippen molar-refractivity contribution in [2.75, 3.05) is 12.4 Å². The molecule has 2 rings (SSSR count). The number of thiophene rings is 1. The molecule has 0 spiro atoms. The van der Waals surface area contributed by atoms with Crippen LogP contribution in [-0.4, -0.2) is 23.0 Å². The molecule has 2 aromatic rings. The number of hydrogen-bond acceptors (Lipinski definition) is 6. The van der Waals surface area contributed by atoms with Crippen LogP contribution in [0, 0.1) is 0 Å². The second kappa shape index (κ2) is 6.29. The van der Waals surface area contributed by atoms with Gasteiger partial charge in [-0.3, -0.25) is 0 Å². The molecule has 5 nitrogen and oxygen atoms in total. The Labute approximate surface area is 115 Å². The molecule has 0 amide bonds. The van der Waals surface area contributed by atoms with E-state index >= 15 is 0 Å². The molecule has 6 heteroatoms. The van der Waals surface area contributed by atoms with E-state index in [0.717, 1.165) is 6.42 Å². The Hall–Kier alpha value is -1.95. The molecule has 19 heavy (non-hydrogen) atoms. The summed E-state index contributed by atoms with van der Waals surface area (Å²) < 4.78 is 4.58. The third kappa shape index (κ3) is 3.29. The van der Waals surface area contributed by atoms with E-state index in [9.17, 15) is 4.79 Å². The van der Waals surface area contributed by atoms with Crippen molar-refractivity contribution in [3.8, 4) is 0 Å². The lowest BCUT2D eigenvalue weighted by Gasteiger charge is -2.15. The van der Waals surface area contributed by atoms with Gasteiger partial charge < -0.3 is 10.1 Å². The van der Waals surface area contributed by atoms with Gasteiger partial charge in [0.15, 0.2) is 5.69 Å². The van der Waals surface area contributed by atoms with Gasteiger partial charge in [-0.05, 0) is 17.9 Å². The zero-order valence-corrected chi connectivity index (χ0v) is 11.6. The third-order valence-corrected chi connectivity index (χ3v) is 3.65. The first-order valence-electron chi connectivity index (χ1n) is 5.95. The van der Waals surface area contributed by atoms with Crippen molar-refractivity contribution in [1.29, 1.82) is 0 Å². The summed E-state index contributed by atoms with van der Waals surface area (Å²) in [5, 5.41) is 5.35. The first-order valence-corrected chi connectivity index (χ1v) is 6.82. The SMILES string of the molecule is CCC(Nc1cnc(C(=O)OC)cn1)c1cccs1. The molecule has 1 atom stereocenters. The second-order valence-corrected chi connectivity index (χ2v) is 4.88. The van der Waals surface area contributed by atoms with Gasteiger partial charge in [0, 0.05) is 4.88 Å². The van der Waals surface area contributed by atoms with Crippen LogP contribution >= 0.6 is 11.3 Å². The van der Waals surface area contributed by atoms with Crippen molar-refractivity contribution < 1.29 is 9.53 Å². The number of rotatable bonds is 5. The van der Waals surface area contributed by atoms with Crippen LogP contribution < -0.4 is 5.32 Å². The zero-order valence-electron chi connectivity index (χ0n) is 10.8. The zero-order chi connectivity index (χ0) is 13.7. The molecule has 0 fully saturated rings. The number of aromatic nitrogens is 2. The first-order chi connectivity index (χ1) is 9.24. The molecule has 0 aliphatic heterocycles. The van der Waals surface area contributed by atoms with Gasteiger partial charge in [0.25, 0.3) is 0 Å². The number of hydrogen-bond donors (Lipinski definition) is 1. The van der Waals surface area contributed by atoms with E-state index in [1.807, 2.05) is 11.4 Å². The van der Waals surface area contributed by atoms with Crippen molar-refractivity contribution >= 4 is 23.1 Å². The maximum atomic E-state index is 11.2. The molecular formula is C13H15N3O2S. The quantitative estimate of drug-likeness (QED) is 0.851. The molecule has 2 heterocycles. The number of anilines is 1. The Morgan fingerprint density at radius 1 is 1.47 bits per heavy atom. The molecule has 0 aromatic carbocycles. The maximum Gasteiger partial charge on any atom is 0.358 e. The molecule has 100 valence electrons. The average Bonchev–Trinajstić information content (AvgIpc) is 2.98. The fourth-order valence-corrected chi connectivity index (χ4v) is 2.52. The van der Waals surface area contributed by atoms with E-state index in [-0.39, 0.29) is 11.7 Å². The Kier molecular flexibility index (Phi) is 4.46. The Bertz CT molecular complexity index is 525. The predicted molar refractivity (Wildman–Crippen MR) is 74.3 cm³/mol. The summed E-state index contributed by atoms with van der Waals surface area (Å²) in [4.78, 5) is 20.7. The van der Waals surface area contributed by atoms with Crippen LogP contribution in [0.5, 0.6) is 0 Å². The summed E-state index contributed by atoms with van der Waals surface area (Å²) >= 11 is 1.70. The van der Waals surface area contributed by atoms with Gasteiger partial charge in [0.05, 0.1) is 25.5 Å². The Balaban J connectivity index is 2.08. The molecule has 0 saturated heterocycles. The van der Waals surface area contributed by atoms with E-state index in [1.165, 1.54) is 18.2 Å². The lowest BCUT2D eigenvalue weighted by molar-refractivity contribution is 0.0593. The summed E-state index contributed by atoms with van der Waals surface area (Å²) in [6.45, 7) is 2.10. The van der Waals surface area contributed by atoms with Crippen molar-refractivity contribution in [1.82, 2.24) is 9.97 Å². The Morgan fingerprint density at radius 3 is 2.84 bits per heavy atom. The van der Waals surface area contributed by atoms with Crippen LogP contribution in [-0.2, 0) is 4.74 Å². The number of esters is 1. The van der Waals surface area contributed by atoms with Gasteiger partial charge in [0.1, 0.15) is 5.82 Å². The molecule has 0 radical (unpaired) electrons. The van der Waals surface area contributed by atoms with Gasteiger partial charge in [-0.15, -0.1) is 11.3 Å². The Morgan fingerprint density at radius 2 is 2.32 bits per heavy atom. The minimum atomic E-state index is -0.482. The van der Waals surface area contributed by atoms with E-state index in [1.54, 1.807) is 17.5 Å². The largest absolute Gasteiger partial charge is 0.464 e. The lowest BCUT2D eigenvalue weighted by atomic mass is 10.2. The number of carbonyl (C=O) groups excluding carboxylic acids is 1. The first kappa shape index (κ1) is 13.5. The molecule has 1 N–H and O–H groups in total. The standard InChI is InChI=1S/C13H15N3O2S/c1-3-9(11-5-4-6-19-11)16-12-8-14-10(7-15-12)13(17)18-2/h4-9H,3H2,1-2H3,(H,15,16). The van der Waals surface area contributed by atoms with Gasteiger partial charge in [-0.1, -0.05) is 13.0 Å². The summed E-state index contributed by atoms with van der Waals surface area (Å²) in [6.07, 6.45) is 3.90. The van der Waals surface area contributed by atoms with Gasteiger partial charge in [0.2, 0.25) is 0 Å². The summed E-state index contributed by atoms with van der Waals surface area (Å²) in [6, 6.07) is 4.32. The normalized spacial score (nSPS) is 11.9. The van der Waals surface area contributed by atoms with Crippen molar-refractivity contribution in [2.45, 2.75) is 19.4 Å². The average molecular weight is 277 g/mol. The van der Waals surface area contributed by atoms with Gasteiger partial charge in [-0.25, -0.2) is 14.8 Å². The minimum Gasteiger partial charge on any atom is -0.464 e. The highest BCUT2D eigenvalue weighted by atomic mass is 32.1. The minimum absolute atomic E-state index is 0.206. The molecule has 0 saturated carbocycles. The molecule has 0 aliphatic rings. The molecular weight excluding hydrogens is 262 g/mol. The summed E-state index contributed by atoms with van der Waals surface area (Å²) in [5.41, 5.74) is 0.206. The van der Waals surface area contributed by atoms with Crippen LogP contribution in [0.3, 0.4) is 0 Å². The number of nitrogens with one attached hydrogen (secondary N) is 1. The van der Waals surface area contributed by atoms with E-state index < -0.39 is 5.97 Å². The maximum absolute atomic E-state index is 11.2. The van der Waals surface area contributed by atoms with Crippen molar-refractivity contribution in [3.05, 3.63) is 40.5 Å². The predicted octanol–water partition coefficient (Wildman–Crippen LogP) is 2.89. The highest BCUT2D eigenvalue weighted by Crippen LogP contribution is 2.24. The van der Waals surface area contributed by atoms with E-state index in [0.29, 0.717) is 5.82 Å². The topological polar surface area (TPSA) is 64.1 Å².